The second kappa shape index (κ2) is 6.65. The van der Waals surface area contributed by atoms with Crippen LogP contribution in [0.15, 0.2) is 17.0 Å². The highest BCUT2D eigenvalue weighted by molar-refractivity contribution is 7.89. The summed E-state index contributed by atoms with van der Waals surface area (Å²) in [5, 5.41) is 0. The molecule has 0 fully saturated rings. The van der Waals surface area contributed by atoms with Gasteiger partial charge in [-0.05, 0) is 43.9 Å². The van der Waals surface area contributed by atoms with E-state index < -0.39 is 15.8 Å². The molecule has 1 atom stereocenters. The average molecular weight is 302 g/mol. The van der Waals surface area contributed by atoms with Crippen molar-refractivity contribution in [2.45, 2.75) is 51.6 Å². The fourth-order valence-corrected chi connectivity index (χ4v) is 3.75. The highest BCUT2D eigenvalue weighted by atomic mass is 32.2. The smallest absolute Gasteiger partial charge is 0.241 e. The van der Waals surface area contributed by atoms with Crippen LogP contribution in [0, 0.1) is 18.7 Å². The van der Waals surface area contributed by atoms with Crippen LogP contribution in [0.1, 0.15) is 38.3 Å². The van der Waals surface area contributed by atoms with Crippen molar-refractivity contribution in [3.8, 4) is 0 Å². The van der Waals surface area contributed by atoms with Gasteiger partial charge in [-0.1, -0.05) is 13.8 Å². The molecule has 114 valence electrons. The summed E-state index contributed by atoms with van der Waals surface area (Å²) in [5.41, 5.74) is 6.05. The standard InChI is InChI=1S/C14H23FN2O2S/c1-9(2)5-10(3)17-20(18,19)14-7-12(8-16)6-13(15)11(14)4/h6-7,9-10,17H,5,8,16H2,1-4H3. The van der Waals surface area contributed by atoms with Gasteiger partial charge in [-0.3, -0.25) is 0 Å². The van der Waals surface area contributed by atoms with Gasteiger partial charge in [0.15, 0.2) is 0 Å². The Balaban J connectivity index is 3.12. The molecular weight excluding hydrogens is 279 g/mol. The Morgan fingerprint density at radius 1 is 1.30 bits per heavy atom. The van der Waals surface area contributed by atoms with Gasteiger partial charge in [0.1, 0.15) is 5.82 Å². The molecule has 6 heteroatoms. The van der Waals surface area contributed by atoms with Gasteiger partial charge in [0.05, 0.1) is 4.90 Å². The molecule has 1 aromatic rings. The summed E-state index contributed by atoms with van der Waals surface area (Å²) in [6.45, 7) is 7.39. The molecule has 0 saturated heterocycles. The third-order valence-electron chi connectivity index (χ3n) is 3.06. The molecule has 0 radical (unpaired) electrons. The summed E-state index contributed by atoms with van der Waals surface area (Å²) in [5.74, 6) is -0.175. The summed E-state index contributed by atoms with van der Waals surface area (Å²) in [6.07, 6.45) is 0.720. The number of nitrogens with one attached hydrogen (secondary N) is 1. The zero-order valence-electron chi connectivity index (χ0n) is 12.4. The Morgan fingerprint density at radius 3 is 2.40 bits per heavy atom. The fourth-order valence-electron chi connectivity index (χ4n) is 2.19. The molecule has 3 N–H and O–H groups in total. The third kappa shape index (κ3) is 4.26. The monoisotopic (exact) mass is 302 g/mol. The highest BCUT2D eigenvalue weighted by Gasteiger charge is 2.22. The first kappa shape index (κ1) is 17.1. The van der Waals surface area contributed by atoms with Crippen molar-refractivity contribution in [1.29, 1.82) is 0 Å². The van der Waals surface area contributed by atoms with Crippen LogP contribution >= 0.6 is 0 Å². The molecule has 0 amide bonds. The van der Waals surface area contributed by atoms with Crippen LogP contribution in [-0.4, -0.2) is 14.5 Å². The molecule has 1 unspecified atom stereocenters. The van der Waals surface area contributed by atoms with Gasteiger partial charge in [0, 0.05) is 18.2 Å². The van der Waals surface area contributed by atoms with E-state index in [9.17, 15) is 12.8 Å². The topological polar surface area (TPSA) is 72.2 Å². The number of halogens is 1. The van der Waals surface area contributed by atoms with E-state index in [2.05, 4.69) is 4.72 Å². The van der Waals surface area contributed by atoms with E-state index in [4.69, 9.17) is 5.73 Å². The Hall–Kier alpha value is -0.980. The fraction of sp³-hybridized carbons (Fsp3) is 0.571. The molecule has 0 spiro atoms. The first-order chi connectivity index (χ1) is 9.17. The minimum Gasteiger partial charge on any atom is -0.326 e. The molecular formula is C14H23FN2O2S. The van der Waals surface area contributed by atoms with Crippen LogP contribution in [-0.2, 0) is 16.6 Å². The number of hydrogen-bond acceptors (Lipinski definition) is 3. The van der Waals surface area contributed by atoms with Gasteiger partial charge in [0.2, 0.25) is 10.0 Å². The van der Waals surface area contributed by atoms with Gasteiger partial charge in [0.25, 0.3) is 0 Å². The lowest BCUT2D eigenvalue weighted by atomic mass is 10.1. The second-order valence-electron chi connectivity index (χ2n) is 5.56. The maximum absolute atomic E-state index is 13.8. The average Bonchev–Trinajstić information content (AvgIpc) is 2.30. The molecule has 20 heavy (non-hydrogen) atoms. The molecule has 0 aliphatic heterocycles. The summed E-state index contributed by atoms with van der Waals surface area (Å²) in [6, 6.07) is 2.50. The normalized spacial score (nSPS) is 13.8. The molecule has 1 aromatic carbocycles. The van der Waals surface area contributed by atoms with Gasteiger partial charge < -0.3 is 5.73 Å². The molecule has 0 saturated carbocycles. The van der Waals surface area contributed by atoms with Crippen LogP contribution < -0.4 is 10.5 Å². The van der Waals surface area contributed by atoms with E-state index in [0.29, 0.717) is 11.5 Å². The number of sulfonamides is 1. The van der Waals surface area contributed by atoms with Gasteiger partial charge >= 0.3 is 0 Å². The van der Waals surface area contributed by atoms with E-state index in [0.717, 1.165) is 6.42 Å². The lowest BCUT2D eigenvalue weighted by molar-refractivity contribution is 0.482. The molecule has 0 aliphatic rings. The Morgan fingerprint density at radius 2 is 1.90 bits per heavy atom. The van der Waals surface area contributed by atoms with Gasteiger partial charge in [-0.25, -0.2) is 17.5 Å². The van der Waals surface area contributed by atoms with Crippen molar-refractivity contribution in [2.75, 3.05) is 0 Å². The van der Waals surface area contributed by atoms with E-state index in [1.807, 2.05) is 13.8 Å². The summed E-state index contributed by atoms with van der Waals surface area (Å²) in [4.78, 5) is -0.0337. The Bertz CT molecular complexity index is 571. The predicted octanol–water partition coefficient (Wildman–Crippen LogP) is 2.31. The van der Waals surface area contributed by atoms with Crippen LogP contribution in [0.5, 0.6) is 0 Å². The first-order valence-electron chi connectivity index (χ1n) is 6.68. The quantitative estimate of drug-likeness (QED) is 0.847. The Labute approximate surface area is 120 Å². The zero-order valence-corrected chi connectivity index (χ0v) is 13.2. The van der Waals surface area contributed by atoms with Crippen molar-refractivity contribution >= 4 is 10.0 Å². The van der Waals surface area contributed by atoms with E-state index in [-0.39, 0.29) is 23.0 Å². The zero-order chi connectivity index (χ0) is 15.5. The van der Waals surface area contributed by atoms with Crippen molar-refractivity contribution in [3.63, 3.8) is 0 Å². The maximum Gasteiger partial charge on any atom is 0.241 e. The van der Waals surface area contributed by atoms with Crippen LogP contribution in [0.3, 0.4) is 0 Å². The molecule has 0 aliphatic carbocycles. The van der Waals surface area contributed by atoms with Crippen LogP contribution in [0.4, 0.5) is 4.39 Å². The molecule has 0 heterocycles. The SMILES string of the molecule is Cc1c(F)cc(CN)cc1S(=O)(=O)NC(C)CC(C)C. The van der Waals surface area contributed by atoms with Crippen molar-refractivity contribution in [1.82, 2.24) is 4.72 Å². The molecule has 1 rings (SSSR count). The second-order valence-corrected chi connectivity index (χ2v) is 7.24. The molecule has 0 aromatic heterocycles. The van der Waals surface area contributed by atoms with Gasteiger partial charge in [-0.2, -0.15) is 0 Å². The number of rotatable bonds is 6. The van der Waals surface area contributed by atoms with Crippen molar-refractivity contribution < 1.29 is 12.8 Å². The lowest BCUT2D eigenvalue weighted by Crippen LogP contribution is -2.34. The van der Waals surface area contributed by atoms with E-state index in [1.165, 1.54) is 19.1 Å². The highest BCUT2D eigenvalue weighted by Crippen LogP contribution is 2.21. The van der Waals surface area contributed by atoms with Crippen LogP contribution in [0.2, 0.25) is 0 Å². The van der Waals surface area contributed by atoms with E-state index in [1.54, 1.807) is 6.92 Å². The summed E-state index contributed by atoms with van der Waals surface area (Å²) < 4.78 is 41.0. The number of hydrogen-bond donors (Lipinski definition) is 2. The van der Waals surface area contributed by atoms with Crippen molar-refractivity contribution in [2.24, 2.45) is 11.7 Å². The number of nitrogens with two attached hydrogens (primary N) is 1. The van der Waals surface area contributed by atoms with Gasteiger partial charge in [-0.15, -0.1) is 0 Å². The minimum atomic E-state index is -3.74. The maximum atomic E-state index is 13.8. The summed E-state index contributed by atoms with van der Waals surface area (Å²) >= 11 is 0. The largest absolute Gasteiger partial charge is 0.326 e. The van der Waals surface area contributed by atoms with Crippen LogP contribution in [0.25, 0.3) is 0 Å². The Kier molecular flexibility index (Phi) is 5.68. The lowest BCUT2D eigenvalue weighted by Gasteiger charge is -2.17. The molecule has 0 bridgehead atoms. The van der Waals surface area contributed by atoms with E-state index >= 15 is 0 Å². The number of benzene rings is 1. The first-order valence-corrected chi connectivity index (χ1v) is 8.17. The predicted molar refractivity (Wildman–Crippen MR) is 78.3 cm³/mol. The molecule has 4 nitrogen and oxygen atoms in total. The third-order valence-corrected chi connectivity index (χ3v) is 4.78. The minimum absolute atomic E-state index is 0.0337. The summed E-state index contributed by atoms with van der Waals surface area (Å²) in [7, 11) is -3.74. The van der Waals surface area contributed by atoms with Crippen molar-refractivity contribution in [3.05, 3.63) is 29.1 Å².